The number of hydrogen-bond donors (Lipinski definition) is 0. The number of aromatic nitrogens is 4. The average molecular weight is 457 g/mol. The van der Waals surface area contributed by atoms with Crippen LogP contribution in [0, 0.1) is 12.7 Å². The number of imidazole rings is 1. The van der Waals surface area contributed by atoms with Gasteiger partial charge in [0.15, 0.2) is 11.2 Å². The summed E-state index contributed by atoms with van der Waals surface area (Å²) in [6, 6.07) is 13.7. The van der Waals surface area contributed by atoms with E-state index >= 15 is 0 Å². The molecule has 2 aromatic heterocycles. The molecule has 0 radical (unpaired) electrons. The standard InChI is InChI=1S/C23H22ClFN4O3/c1-3-27-22(30)20-21(28(23(27)31)12-13-32-16-8-5-4-6-9-16)26-15(2)29(20)14-17-18(24)10-7-11-19(17)25/h4-11H,3,12-14H2,1-2H3. The summed E-state index contributed by atoms with van der Waals surface area (Å²) in [5.41, 5.74) is -0.213. The molecule has 0 saturated carbocycles. The van der Waals surface area contributed by atoms with Crippen molar-refractivity contribution >= 4 is 22.8 Å². The number of benzene rings is 2. The Morgan fingerprint density at radius 3 is 2.47 bits per heavy atom. The van der Waals surface area contributed by atoms with Crippen molar-refractivity contribution in [1.82, 2.24) is 18.7 Å². The molecule has 32 heavy (non-hydrogen) atoms. The third-order valence-corrected chi connectivity index (χ3v) is 5.68. The Morgan fingerprint density at radius 1 is 1.03 bits per heavy atom. The lowest BCUT2D eigenvalue weighted by molar-refractivity contribution is 0.296. The second-order valence-electron chi connectivity index (χ2n) is 7.26. The number of ether oxygens (including phenoxy) is 1. The van der Waals surface area contributed by atoms with Crippen molar-refractivity contribution in [3.63, 3.8) is 0 Å². The molecule has 0 aliphatic rings. The van der Waals surface area contributed by atoms with Crippen LogP contribution in [0.5, 0.6) is 5.75 Å². The normalized spacial score (nSPS) is 11.2. The van der Waals surface area contributed by atoms with Crippen LogP contribution in [-0.2, 0) is 19.6 Å². The van der Waals surface area contributed by atoms with Crippen molar-refractivity contribution in [2.24, 2.45) is 0 Å². The minimum absolute atomic E-state index is 0.0194. The maximum absolute atomic E-state index is 14.4. The van der Waals surface area contributed by atoms with Gasteiger partial charge in [-0.05, 0) is 38.1 Å². The van der Waals surface area contributed by atoms with Gasteiger partial charge in [-0.25, -0.2) is 14.2 Å². The number of fused-ring (bicyclic) bond motifs is 1. The van der Waals surface area contributed by atoms with E-state index in [1.54, 1.807) is 24.5 Å². The first-order valence-electron chi connectivity index (χ1n) is 10.2. The number of halogens is 2. The van der Waals surface area contributed by atoms with Crippen LogP contribution in [0.4, 0.5) is 4.39 Å². The lowest BCUT2D eigenvalue weighted by Crippen LogP contribution is -2.41. The van der Waals surface area contributed by atoms with Gasteiger partial charge in [0.25, 0.3) is 5.56 Å². The van der Waals surface area contributed by atoms with Crippen LogP contribution in [0.2, 0.25) is 5.02 Å². The van der Waals surface area contributed by atoms with Crippen LogP contribution in [0.3, 0.4) is 0 Å². The van der Waals surface area contributed by atoms with Crippen molar-refractivity contribution in [1.29, 1.82) is 0 Å². The van der Waals surface area contributed by atoms with E-state index in [9.17, 15) is 14.0 Å². The molecule has 0 unspecified atom stereocenters. The minimum atomic E-state index is -0.473. The highest BCUT2D eigenvalue weighted by Gasteiger charge is 2.21. The first-order chi connectivity index (χ1) is 15.4. The summed E-state index contributed by atoms with van der Waals surface area (Å²) in [5, 5.41) is 0.256. The van der Waals surface area contributed by atoms with Crippen LogP contribution in [0.1, 0.15) is 18.3 Å². The van der Waals surface area contributed by atoms with Gasteiger partial charge in [-0.15, -0.1) is 0 Å². The van der Waals surface area contributed by atoms with Crippen molar-refractivity contribution in [3.8, 4) is 5.75 Å². The monoisotopic (exact) mass is 456 g/mol. The predicted octanol–water partition coefficient (Wildman–Crippen LogP) is 3.61. The van der Waals surface area contributed by atoms with E-state index in [0.29, 0.717) is 11.6 Å². The topological polar surface area (TPSA) is 71.1 Å². The van der Waals surface area contributed by atoms with Crippen LogP contribution < -0.4 is 16.0 Å². The molecule has 7 nitrogen and oxygen atoms in total. The molecule has 9 heteroatoms. The lowest BCUT2D eigenvalue weighted by atomic mass is 10.2. The van der Waals surface area contributed by atoms with Gasteiger partial charge >= 0.3 is 5.69 Å². The SMILES string of the molecule is CCn1c(=O)c2c(nc(C)n2Cc2c(F)cccc2Cl)n(CCOc2ccccc2)c1=O. The molecule has 4 aromatic rings. The van der Waals surface area contributed by atoms with Crippen LogP contribution in [0.25, 0.3) is 11.2 Å². The second kappa shape index (κ2) is 9.00. The molecule has 0 aliphatic carbocycles. The molecule has 0 spiro atoms. The molecular weight excluding hydrogens is 435 g/mol. The highest BCUT2D eigenvalue weighted by molar-refractivity contribution is 6.31. The van der Waals surface area contributed by atoms with Crippen LogP contribution in [-0.4, -0.2) is 25.3 Å². The molecule has 2 heterocycles. The first-order valence-corrected chi connectivity index (χ1v) is 10.6. The fourth-order valence-electron chi connectivity index (χ4n) is 3.69. The molecule has 0 bridgehead atoms. The smallest absolute Gasteiger partial charge is 0.332 e. The van der Waals surface area contributed by atoms with E-state index in [2.05, 4.69) is 4.98 Å². The third-order valence-electron chi connectivity index (χ3n) is 5.33. The molecular formula is C23H22ClFN4O3. The molecule has 0 fully saturated rings. The summed E-state index contributed by atoms with van der Waals surface area (Å²) in [4.78, 5) is 30.6. The van der Waals surface area contributed by atoms with Gasteiger partial charge < -0.3 is 9.30 Å². The molecule has 0 N–H and O–H groups in total. The van der Waals surface area contributed by atoms with Gasteiger partial charge in [0.2, 0.25) is 0 Å². The van der Waals surface area contributed by atoms with Gasteiger partial charge in [-0.1, -0.05) is 35.9 Å². The van der Waals surface area contributed by atoms with Crippen molar-refractivity contribution < 1.29 is 9.13 Å². The zero-order valence-corrected chi connectivity index (χ0v) is 18.5. The largest absolute Gasteiger partial charge is 0.492 e. The summed E-state index contributed by atoms with van der Waals surface area (Å²) in [6.07, 6.45) is 0. The molecule has 4 rings (SSSR count). The van der Waals surface area contributed by atoms with Gasteiger partial charge in [-0.3, -0.25) is 13.9 Å². The van der Waals surface area contributed by atoms with Crippen molar-refractivity contribution in [2.75, 3.05) is 6.61 Å². The van der Waals surface area contributed by atoms with Gasteiger partial charge in [0.05, 0.1) is 13.1 Å². The quantitative estimate of drug-likeness (QED) is 0.426. The molecule has 0 atom stereocenters. The number of aryl methyl sites for hydroxylation is 1. The Balaban J connectivity index is 1.80. The zero-order chi connectivity index (χ0) is 22.8. The number of rotatable bonds is 7. The molecule has 166 valence electrons. The van der Waals surface area contributed by atoms with Gasteiger partial charge in [-0.2, -0.15) is 0 Å². The molecule has 0 saturated heterocycles. The van der Waals surface area contributed by atoms with Crippen molar-refractivity contribution in [2.45, 2.75) is 33.5 Å². The number of para-hydroxylation sites is 1. The Bertz CT molecular complexity index is 1370. The summed E-state index contributed by atoms with van der Waals surface area (Å²) >= 11 is 6.20. The zero-order valence-electron chi connectivity index (χ0n) is 17.7. The summed E-state index contributed by atoms with van der Waals surface area (Å²) in [5.74, 6) is 0.679. The molecule has 2 aromatic carbocycles. The molecule has 0 amide bonds. The fraction of sp³-hybridized carbons (Fsp3) is 0.261. The Kier molecular flexibility index (Phi) is 6.14. The van der Waals surface area contributed by atoms with E-state index in [0.717, 1.165) is 4.57 Å². The van der Waals surface area contributed by atoms with E-state index in [1.807, 2.05) is 30.3 Å². The summed E-state index contributed by atoms with van der Waals surface area (Å²) in [6.45, 7) is 4.05. The van der Waals surface area contributed by atoms with Gasteiger partial charge in [0.1, 0.15) is 24.0 Å². The summed E-state index contributed by atoms with van der Waals surface area (Å²) in [7, 11) is 0. The molecule has 0 aliphatic heterocycles. The van der Waals surface area contributed by atoms with Crippen molar-refractivity contribution in [3.05, 3.63) is 91.6 Å². The lowest BCUT2D eigenvalue weighted by Gasteiger charge is -2.13. The highest BCUT2D eigenvalue weighted by atomic mass is 35.5. The fourth-order valence-corrected chi connectivity index (χ4v) is 3.91. The van der Waals surface area contributed by atoms with Crippen LogP contribution in [0.15, 0.2) is 58.1 Å². The average Bonchev–Trinajstić information content (AvgIpc) is 3.10. The number of nitrogens with zero attached hydrogens (tertiary/aromatic N) is 4. The Morgan fingerprint density at radius 2 is 1.78 bits per heavy atom. The maximum Gasteiger partial charge on any atom is 0.332 e. The Hall–Kier alpha value is -3.39. The number of hydrogen-bond acceptors (Lipinski definition) is 4. The highest BCUT2D eigenvalue weighted by Crippen LogP contribution is 2.22. The third kappa shape index (κ3) is 3.93. The Labute approximate surface area is 188 Å². The van der Waals surface area contributed by atoms with Gasteiger partial charge in [0, 0.05) is 17.1 Å². The second-order valence-corrected chi connectivity index (χ2v) is 7.67. The van der Waals surface area contributed by atoms with E-state index < -0.39 is 17.1 Å². The predicted molar refractivity (Wildman–Crippen MR) is 121 cm³/mol. The van der Waals surface area contributed by atoms with Crippen LogP contribution >= 0.6 is 11.6 Å². The van der Waals surface area contributed by atoms with E-state index in [1.165, 1.54) is 16.7 Å². The minimum Gasteiger partial charge on any atom is -0.492 e. The van der Waals surface area contributed by atoms with E-state index in [-0.39, 0.29) is 48.0 Å². The maximum atomic E-state index is 14.4. The first kappa shape index (κ1) is 21.8. The summed E-state index contributed by atoms with van der Waals surface area (Å²) < 4.78 is 24.3. The van der Waals surface area contributed by atoms with E-state index in [4.69, 9.17) is 16.3 Å².